The molecule has 4 nitrogen and oxygen atoms in total. The number of anilines is 2. The summed E-state index contributed by atoms with van der Waals surface area (Å²) in [5, 5.41) is 3.22. The number of nitrogens with zero attached hydrogens (tertiary/aromatic N) is 1. The smallest absolute Gasteiger partial charge is 0.239 e. The monoisotopic (exact) mass is 342 g/mol. The van der Waals surface area contributed by atoms with Crippen LogP contribution >= 0.6 is 11.6 Å². The molecule has 1 heterocycles. The fourth-order valence-electron chi connectivity index (χ4n) is 2.97. The zero-order valence-corrected chi connectivity index (χ0v) is 14.4. The highest BCUT2D eigenvalue weighted by molar-refractivity contribution is 6.33. The van der Waals surface area contributed by atoms with E-state index >= 15 is 0 Å². The van der Waals surface area contributed by atoms with Crippen molar-refractivity contribution in [3.8, 4) is 0 Å². The molecule has 1 atom stereocenters. The van der Waals surface area contributed by atoms with Crippen molar-refractivity contribution in [1.29, 1.82) is 0 Å². The van der Waals surface area contributed by atoms with Gasteiger partial charge < -0.3 is 10.2 Å². The van der Waals surface area contributed by atoms with Gasteiger partial charge in [0.2, 0.25) is 11.8 Å². The second-order valence-corrected chi connectivity index (χ2v) is 6.43. The largest absolute Gasteiger partial charge is 0.324 e. The molecule has 3 rings (SSSR count). The molecule has 0 saturated carbocycles. The lowest BCUT2D eigenvalue weighted by Gasteiger charge is -2.20. The van der Waals surface area contributed by atoms with Gasteiger partial charge >= 0.3 is 0 Å². The number of rotatable bonds is 3. The van der Waals surface area contributed by atoms with Crippen LogP contribution in [-0.4, -0.2) is 18.4 Å². The molecular formula is C19H19ClN2O2. The Hall–Kier alpha value is -2.33. The molecule has 2 aromatic rings. The molecule has 124 valence electrons. The first-order valence-corrected chi connectivity index (χ1v) is 8.30. The number of benzene rings is 2. The summed E-state index contributed by atoms with van der Waals surface area (Å²) < 4.78 is 0. The second-order valence-electron chi connectivity index (χ2n) is 6.02. The van der Waals surface area contributed by atoms with E-state index in [9.17, 15) is 9.59 Å². The van der Waals surface area contributed by atoms with Crippen LogP contribution in [-0.2, 0) is 9.59 Å². The lowest BCUT2D eigenvalue weighted by atomic mass is 10.1. The Labute approximate surface area is 146 Å². The van der Waals surface area contributed by atoms with Crippen LogP contribution in [0.15, 0.2) is 42.5 Å². The SMILES string of the molecule is Cc1cccc(N2CCC(C(=O)Nc3ccccc3Cl)C2=O)c1C. The molecule has 1 fully saturated rings. The average Bonchev–Trinajstić information content (AvgIpc) is 2.94. The number of para-hydroxylation sites is 1. The maximum Gasteiger partial charge on any atom is 0.239 e. The van der Waals surface area contributed by atoms with Crippen LogP contribution in [0.4, 0.5) is 11.4 Å². The Morgan fingerprint density at radius 3 is 2.67 bits per heavy atom. The fraction of sp³-hybridized carbons (Fsp3) is 0.263. The van der Waals surface area contributed by atoms with Crippen molar-refractivity contribution in [1.82, 2.24) is 0 Å². The van der Waals surface area contributed by atoms with E-state index in [1.165, 1.54) is 0 Å². The van der Waals surface area contributed by atoms with E-state index in [-0.39, 0.29) is 11.8 Å². The van der Waals surface area contributed by atoms with Crippen molar-refractivity contribution in [2.75, 3.05) is 16.8 Å². The Kier molecular flexibility index (Phi) is 4.58. The van der Waals surface area contributed by atoms with Gasteiger partial charge in [-0.3, -0.25) is 9.59 Å². The standard InChI is InChI=1S/C19H19ClN2O2/c1-12-6-5-9-17(13(12)2)22-11-10-14(19(22)24)18(23)21-16-8-4-3-7-15(16)20/h3-9,14H,10-11H2,1-2H3,(H,21,23). The van der Waals surface area contributed by atoms with Gasteiger partial charge in [0.15, 0.2) is 0 Å². The first kappa shape index (κ1) is 16.5. The summed E-state index contributed by atoms with van der Waals surface area (Å²) in [6.07, 6.45) is 0.502. The molecule has 1 aliphatic rings. The van der Waals surface area contributed by atoms with E-state index in [1.807, 2.05) is 32.0 Å². The third kappa shape index (κ3) is 3.02. The highest BCUT2D eigenvalue weighted by Gasteiger charge is 2.38. The van der Waals surface area contributed by atoms with Crippen LogP contribution in [0.1, 0.15) is 17.5 Å². The maximum atomic E-state index is 12.7. The predicted molar refractivity (Wildman–Crippen MR) is 96.5 cm³/mol. The third-order valence-electron chi connectivity index (χ3n) is 4.52. The quantitative estimate of drug-likeness (QED) is 0.859. The molecule has 24 heavy (non-hydrogen) atoms. The molecule has 2 aromatic carbocycles. The van der Waals surface area contributed by atoms with Gasteiger partial charge in [0.05, 0.1) is 10.7 Å². The fourth-order valence-corrected chi connectivity index (χ4v) is 3.16. The van der Waals surface area contributed by atoms with E-state index in [0.29, 0.717) is 23.7 Å². The first-order chi connectivity index (χ1) is 11.5. The van der Waals surface area contributed by atoms with Gasteiger partial charge in [0, 0.05) is 12.2 Å². The molecular weight excluding hydrogens is 324 g/mol. The van der Waals surface area contributed by atoms with E-state index in [0.717, 1.165) is 16.8 Å². The minimum atomic E-state index is -0.679. The number of hydrogen-bond donors (Lipinski definition) is 1. The van der Waals surface area contributed by atoms with E-state index in [2.05, 4.69) is 5.32 Å². The lowest BCUT2D eigenvalue weighted by molar-refractivity contribution is -0.129. The molecule has 1 aliphatic heterocycles. The molecule has 1 saturated heterocycles. The normalized spacial score (nSPS) is 17.2. The number of aryl methyl sites for hydroxylation is 1. The zero-order valence-electron chi connectivity index (χ0n) is 13.7. The van der Waals surface area contributed by atoms with Crippen LogP contribution in [0.5, 0.6) is 0 Å². The van der Waals surface area contributed by atoms with Crippen molar-refractivity contribution in [3.05, 3.63) is 58.6 Å². The molecule has 0 spiro atoms. The maximum absolute atomic E-state index is 12.7. The van der Waals surface area contributed by atoms with Gasteiger partial charge in [0.1, 0.15) is 5.92 Å². The summed E-state index contributed by atoms with van der Waals surface area (Å²) in [5.74, 6) is -1.14. The summed E-state index contributed by atoms with van der Waals surface area (Å²) in [5.41, 5.74) is 3.61. The number of carbonyl (C=O) groups is 2. The summed E-state index contributed by atoms with van der Waals surface area (Å²) in [6.45, 7) is 4.56. The third-order valence-corrected chi connectivity index (χ3v) is 4.85. The Morgan fingerprint density at radius 1 is 1.17 bits per heavy atom. The number of carbonyl (C=O) groups excluding carboxylic acids is 2. The van der Waals surface area contributed by atoms with Crippen LogP contribution in [0.25, 0.3) is 0 Å². The average molecular weight is 343 g/mol. The first-order valence-electron chi connectivity index (χ1n) is 7.92. The number of hydrogen-bond acceptors (Lipinski definition) is 2. The highest BCUT2D eigenvalue weighted by Crippen LogP contribution is 2.30. The summed E-state index contributed by atoms with van der Waals surface area (Å²) >= 11 is 6.06. The minimum Gasteiger partial charge on any atom is -0.324 e. The Balaban J connectivity index is 1.78. The van der Waals surface area contributed by atoms with Gasteiger partial charge in [0.25, 0.3) is 0 Å². The van der Waals surface area contributed by atoms with Gasteiger partial charge in [-0.15, -0.1) is 0 Å². The van der Waals surface area contributed by atoms with Crippen LogP contribution in [0.2, 0.25) is 5.02 Å². The Bertz CT molecular complexity index is 804. The summed E-state index contributed by atoms with van der Waals surface area (Å²) in [7, 11) is 0. The molecule has 5 heteroatoms. The van der Waals surface area contributed by atoms with E-state index < -0.39 is 5.92 Å². The number of nitrogens with one attached hydrogen (secondary N) is 1. The van der Waals surface area contributed by atoms with Crippen LogP contribution < -0.4 is 10.2 Å². The number of amides is 2. The summed E-state index contributed by atoms with van der Waals surface area (Å²) in [6, 6.07) is 12.9. The topological polar surface area (TPSA) is 49.4 Å². The van der Waals surface area contributed by atoms with Crippen molar-refractivity contribution < 1.29 is 9.59 Å². The number of halogens is 1. The highest BCUT2D eigenvalue weighted by atomic mass is 35.5. The molecule has 0 aliphatic carbocycles. The predicted octanol–water partition coefficient (Wildman–Crippen LogP) is 3.95. The van der Waals surface area contributed by atoms with Gasteiger partial charge in [-0.05, 0) is 49.6 Å². The molecule has 1 unspecified atom stereocenters. The molecule has 0 bridgehead atoms. The van der Waals surface area contributed by atoms with Gasteiger partial charge in [-0.2, -0.15) is 0 Å². The van der Waals surface area contributed by atoms with Gasteiger partial charge in [-0.1, -0.05) is 35.9 Å². The van der Waals surface area contributed by atoms with Crippen molar-refractivity contribution >= 4 is 34.8 Å². The Morgan fingerprint density at radius 2 is 1.92 bits per heavy atom. The summed E-state index contributed by atoms with van der Waals surface area (Å²) in [4.78, 5) is 26.9. The minimum absolute atomic E-state index is 0.159. The van der Waals surface area contributed by atoms with E-state index in [4.69, 9.17) is 11.6 Å². The van der Waals surface area contributed by atoms with Crippen LogP contribution in [0, 0.1) is 19.8 Å². The molecule has 0 aromatic heterocycles. The van der Waals surface area contributed by atoms with Gasteiger partial charge in [-0.25, -0.2) is 0 Å². The zero-order chi connectivity index (χ0) is 17.3. The van der Waals surface area contributed by atoms with Crippen molar-refractivity contribution in [2.24, 2.45) is 5.92 Å². The van der Waals surface area contributed by atoms with E-state index in [1.54, 1.807) is 29.2 Å². The second kappa shape index (κ2) is 6.65. The lowest BCUT2D eigenvalue weighted by Crippen LogP contribution is -2.33. The van der Waals surface area contributed by atoms with Crippen LogP contribution in [0.3, 0.4) is 0 Å². The molecule has 0 radical (unpaired) electrons. The molecule has 1 N–H and O–H groups in total. The molecule has 2 amide bonds. The van der Waals surface area contributed by atoms with Crippen molar-refractivity contribution in [2.45, 2.75) is 20.3 Å². The van der Waals surface area contributed by atoms with Crippen molar-refractivity contribution in [3.63, 3.8) is 0 Å².